The second-order valence-electron chi connectivity index (χ2n) is 15.8. The van der Waals surface area contributed by atoms with Crippen LogP contribution in [0.1, 0.15) is 0 Å². The first-order chi connectivity index (χ1) is 30.7. The van der Waals surface area contributed by atoms with Gasteiger partial charge in [-0.05, 0) is 64.7 Å². The van der Waals surface area contributed by atoms with Gasteiger partial charge in [0.1, 0.15) is 0 Å². The minimum atomic E-state index is 0.675. The lowest BCUT2D eigenvalue weighted by molar-refractivity contribution is 1.14. The molecule has 0 radical (unpaired) electrons. The molecule has 9 aromatic carbocycles. The zero-order valence-electron chi connectivity index (χ0n) is 33.7. The number of aromatic nitrogens is 4. The fourth-order valence-corrected chi connectivity index (χ4v) is 9.20. The standard InChI is InChI=1S/C58H38N4/c1-4-15-39(16-5-1)41-27-29-44(30-28-41)53-38-52(43-19-8-3-9-20-43)59-58(60-53)45-21-14-22-47(37-45)62-55-26-13-11-24-49(55)51-36-35-50-48-23-10-12-25-54(48)61(56(50)57(51)62)46-33-31-42(32-34-46)40-17-6-2-7-18-40/h1-38H. The molecule has 4 nitrogen and oxygen atoms in total. The van der Waals surface area contributed by atoms with Crippen molar-refractivity contribution in [2.75, 3.05) is 0 Å². The van der Waals surface area contributed by atoms with Gasteiger partial charge in [-0.1, -0.05) is 188 Å². The van der Waals surface area contributed by atoms with E-state index in [1.165, 1.54) is 54.8 Å². The Morgan fingerprint density at radius 2 is 0.661 bits per heavy atom. The number of hydrogen-bond acceptors (Lipinski definition) is 2. The normalized spacial score (nSPS) is 11.5. The van der Waals surface area contributed by atoms with Crippen LogP contribution in [-0.4, -0.2) is 19.1 Å². The van der Waals surface area contributed by atoms with Crippen molar-refractivity contribution in [3.63, 3.8) is 0 Å². The molecule has 290 valence electrons. The van der Waals surface area contributed by atoms with Crippen molar-refractivity contribution >= 4 is 43.6 Å². The van der Waals surface area contributed by atoms with Crippen LogP contribution in [0.15, 0.2) is 231 Å². The molecule has 4 heteroatoms. The van der Waals surface area contributed by atoms with Crippen LogP contribution in [0.25, 0.3) is 111 Å². The Morgan fingerprint density at radius 1 is 0.258 bits per heavy atom. The Labute approximate surface area is 359 Å². The lowest BCUT2D eigenvalue weighted by atomic mass is 10.0. The lowest BCUT2D eigenvalue weighted by Gasteiger charge is -2.14. The summed E-state index contributed by atoms with van der Waals surface area (Å²) in [6, 6.07) is 82.1. The third-order valence-corrected chi connectivity index (χ3v) is 12.1. The van der Waals surface area contributed by atoms with Gasteiger partial charge in [-0.15, -0.1) is 0 Å². The number of benzene rings is 9. The van der Waals surface area contributed by atoms with Gasteiger partial charge >= 0.3 is 0 Å². The van der Waals surface area contributed by atoms with Gasteiger partial charge in [0.25, 0.3) is 0 Å². The van der Waals surface area contributed by atoms with E-state index in [0.29, 0.717) is 5.82 Å². The van der Waals surface area contributed by atoms with Gasteiger partial charge in [-0.3, -0.25) is 0 Å². The second-order valence-corrected chi connectivity index (χ2v) is 15.8. The molecule has 0 saturated carbocycles. The van der Waals surface area contributed by atoms with E-state index in [1.54, 1.807) is 0 Å². The first-order valence-corrected chi connectivity index (χ1v) is 21.1. The summed E-state index contributed by atoms with van der Waals surface area (Å²) in [5.41, 5.74) is 16.3. The Balaban J connectivity index is 1.06. The second kappa shape index (κ2) is 14.7. The lowest BCUT2D eigenvalue weighted by Crippen LogP contribution is -2.00. The highest BCUT2D eigenvalue weighted by atomic mass is 15.0. The van der Waals surface area contributed by atoms with Crippen LogP contribution < -0.4 is 0 Å². The molecule has 0 spiro atoms. The van der Waals surface area contributed by atoms with E-state index in [9.17, 15) is 0 Å². The highest BCUT2D eigenvalue weighted by Crippen LogP contribution is 2.42. The summed E-state index contributed by atoms with van der Waals surface area (Å²) in [6.07, 6.45) is 0. The average Bonchev–Trinajstić information content (AvgIpc) is 3.88. The van der Waals surface area contributed by atoms with E-state index in [-0.39, 0.29) is 0 Å². The van der Waals surface area contributed by atoms with Gasteiger partial charge < -0.3 is 9.13 Å². The maximum absolute atomic E-state index is 5.29. The monoisotopic (exact) mass is 790 g/mol. The van der Waals surface area contributed by atoms with Crippen molar-refractivity contribution in [3.05, 3.63) is 231 Å². The topological polar surface area (TPSA) is 35.6 Å². The van der Waals surface area contributed by atoms with Crippen LogP contribution in [0.5, 0.6) is 0 Å². The maximum atomic E-state index is 5.29. The fourth-order valence-electron chi connectivity index (χ4n) is 9.20. The van der Waals surface area contributed by atoms with E-state index in [0.717, 1.165) is 50.5 Å². The highest BCUT2D eigenvalue weighted by Gasteiger charge is 2.22. The molecule has 0 unspecified atom stereocenters. The SMILES string of the molecule is c1ccc(-c2ccc(-c3cc(-c4ccccc4)nc(-c4cccc(-n5c6ccccc6c6ccc7c8ccccc8n(-c8ccc(-c9ccccc9)cc8)c7c65)c4)n3)cc2)cc1. The summed E-state index contributed by atoms with van der Waals surface area (Å²) < 4.78 is 4.89. The van der Waals surface area contributed by atoms with Crippen LogP contribution in [0.4, 0.5) is 0 Å². The van der Waals surface area contributed by atoms with E-state index in [1.807, 2.05) is 12.1 Å². The number of rotatable bonds is 7. The Hall–Kier alpha value is -8.34. The van der Waals surface area contributed by atoms with Crippen molar-refractivity contribution in [1.82, 2.24) is 19.1 Å². The zero-order valence-corrected chi connectivity index (χ0v) is 33.7. The van der Waals surface area contributed by atoms with Crippen LogP contribution in [0.2, 0.25) is 0 Å². The third kappa shape index (κ3) is 6.00. The molecule has 0 aliphatic rings. The quantitative estimate of drug-likeness (QED) is 0.161. The number of para-hydroxylation sites is 2. The number of fused-ring (bicyclic) bond motifs is 7. The highest BCUT2D eigenvalue weighted by molar-refractivity contribution is 6.23. The maximum Gasteiger partial charge on any atom is 0.160 e. The van der Waals surface area contributed by atoms with E-state index >= 15 is 0 Å². The Kier molecular flexibility index (Phi) is 8.46. The Morgan fingerprint density at radius 3 is 1.21 bits per heavy atom. The van der Waals surface area contributed by atoms with Gasteiger partial charge in [0.2, 0.25) is 0 Å². The van der Waals surface area contributed by atoms with E-state index in [2.05, 4.69) is 228 Å². The van der Waals surface area contributed by atoms with Crippen molar-refractivity contribution in [2.24, 2.45) is 0 Å². The molecule has 12 aromatic rings. The summed E-state index contributed by atoms with van der Waals surface area (Å²) in [5.74, 6) is 0.675. The van der Waals surface area contributed by atoms with Crippen LogP contribution in [0.3, 0.4) is 0 Å². The minimum absolute atomic E-state index is 0.675. The molecular weight excluding hydrogens is 753 g/mol. The molecule has 0 aliphatic carbocycles. The predicted molar refractivity (Wildman–Crippen MR) is 258 cm³/mol. The molecule has 0 saturated heterocycles. The third-order valence-electron chi connectivity index (χ3n) is 12.1. The average molecular weight is 791 g/mol. The van der Waals surface area contributed by atoms with Crippen LogP contribution in [-0.2, 0) is 0 Å². The van der Waals surface area contributed by atoms with Crippen molar-refractivity contribution in [3.8, 4) is 67.5 Å². The van der Waals surface area contributed by atoms with E-state index < -0.39 is 0 Å². The van der Waals surface area contributed by atoms with Gasteiger partial charge in [-0.2, -0.15) is 0 Å². The molecule has 0 amide bonds. The number of hydrogen-bond donors (Lipinski definition) is 0. The molecule has 0 atom stereocenters. The summed E-state index contributed by atoms with van der Waals surface area (Å²) in [5, 5.41) is 4.83. The number of nitrogens with zero attached hydrogens (tertiary/aromatic N) is 4. The van der Waals surface area contributed by atoms with Crippen molar-refractivity contribution in [1.29, 1.82) is 0 Å². The molecule has 0 aliphatic heterocycles. The van der Waals surface area contributed by atoms with Crippen molar-refractivity contribution in [2.45, 2.75) is 0 Å². The summed E-state index contributed by atoms with van der Waals surface area (Å²) in [4.78, 5) is 10.5. The first kappa shape index (κ1) is 35.6. The Bertz CT molecular complexity index is 3590. The smallest absolute Gasteiger partial charge is 0.160 e. The van der Waals surface area contributed by atoms with Gasteiger partial charge in [-0.25, -0.2) is 9.97 Å². The largest absolute Gasteiger partial charge is 0.307 e. The summed E-state index contributed by atoms with van der Waals surface area (Å²) in [7, 11) is 0. The minimum Gasteiger partial charge on any atom is -0.307 e. The zero-order chi connectivity index (χ0) is 41.0. The summed E-state index contributed by atoms with van der Waals surface area (Å²) in [6.45, 7) is 0. The van der Waals surface area contributed by atoms with Gasteiger partial charge in [0.05, 0.1) is 33.5 Å². The first-order valence-electron chi connectivity index (χ1n) is 21.1. The summed E-state index contributed by atoms with van der Waals surface area (Å²) >= 11 is 0. The fraction of sp³-hybridized carbons (Fsp3) is 0. The molecule has 3 heterocycles. The van der Waals surface area contributed by atoms with E-state index in [4.69, 9.17) is 9.97 Å². The molecule has 62 heavy (non-hydrogen) atoms. The molecule has 0 bridgehead atoms. The molecular formula is C58H38N4. The molecule has 0 N–H and O–H groups in total. The molecule has 3 aromatic heterocycles. The predicted octanol–water partition coefficient (Wildman–Crippen LogP) is 15.0. The molecule has 0 fully saturated rings. The van der Waals surface area contributed by atoms with Crippen molar-refractivity contribution < 1.29 is 0 Å². The van der Waals surface area contributed by atoms with Crippen LogP contribution >= 0.6 is 0 Å². The van der Waals surface area contributed by atoms with Crippen LogP contribution in [0, 0.1) is 0 Å². The van der Waals surface area contributed by atoms with Gasteiger partial charge in [0.15, 0.2) is 5.82 Å². The van der Waals surface area contributed by atoms with Gasteiger partial charge in [0, 0.05) is 49.6 Å². The molecule has 12 rings (SSSR count).